The van der Waals surface area contributed by atoms with Crippen molar-refractivity contribution in [3.8, 4) is 23.0 Å². The summed E-state index contributed by atoms with van der Waals surface area (Å²) >= 11 is 0. The number of methoxy groups -OCH3 is 2. The molecule has 1 aromatic heterocycles. The Hall–Kier alpha value is -4.52. The number of esters is 1. The Morgan fingerprint density at radius 1 is 1.00 bits per heavy atom. The third-order valence-electron chi connectivity index (χ3n) is 6.06. The van der Waals surface area contributed by atoms with Crippen molar-refractivity contribution in [3.63, 3.8) is 0 Å². The van der Waals surface area contributed by atoms with Crippen LogP contribution in [0.15, 0.2) is 66.6 Å². The molecule has 0 N–H and O–H groups in total. The highest BCUT2D eigenvalue weighted by Gasteiger charge is 2.31. The number of nitrogens with zero attached hydrogens (tertiary/aromatic N) is 1. The zero-order valence-corrected chi connectivity index (χ0v) is 19.7. The van der Waals surface area contributed by atoms with Crippen LogP contribution in [-0.2, 0) is 7.05 Å². The SMILES string of the molecule is COc1cccc(C(=O)Oc2ccc3c(c2C)O/C(=C/c2cn(C)c4ccc(OC)cc24)C3=O)c1. The van der Waals surface area contributed by atoms with Crippen LogP contribution in [0.2, 0.25) is 0 Å². The molecule has 0 aliphatic carbocycles. The number of aromatic nitrogens is 1. The van der Waals surface area contributed by atoms with Gasteiger partial charge in [-0.15, -0.1) is 0 Å². The van der Waals surface area contributed by atoms with Crippen LogP contribution in [-0.4, -0.2) is 30.5 Å². The molecule has 0 saturated carbocycles. The molecule has 7 heteroatoms. The standard InChI is InChI=1S/C28H23NO6/c1-16-24(35-28(31)17-6-5-7-19(12-17)32-3)11-9-21-26(30)25(34-27(16)21)13-18-15-29(2)23-10-8-20(33-4)14-22(18)23/h5-15H,1-4H3/b25-13+. The number of fused-ring (bicyclic) bond motifs is 2. The van der Waals surface area contributed by atoms with Gasteiger partial charge >= 0.3 is 5.97 Å². The lowest BCUT2D eigenvalue weighted by Crippen LogP contribution is -2.09. The van der Waals surface area contributed by atoms with Gasteiger partial charge in [0, 0.05) is 35.3 Å². The number of benzene rings is 3. The van der Waals surface area contributed by atoms with Gasteiger partial charge in [-0.2, -0.15) is 0 Å². The van der Waals surface area contributed by atoms with Crippen LogP contribution >= 0.6 is 0 Å². The number of carbonyl (C=O) groups is 2. The Balaban J connectivity index is 1.46. The Morgan fingerprint density at radius 2 is 1.77 bits per heavy atom. The van der Waals surface area contributed by atoms with Crippen molar-refractivity contribution in [2.45, 2.75) is 6.92 Å². The van der Waals surface area contributed by atoms with Gasteiger partial charge in [-0.3, -0.25) is 4.79 Å². The number of Topliss-reactive ketones (excluding diaryl/α,β-unsaturated/α-hetero) is 1. The number of hydrogen-bond donors (Lipinski definition) is 0. The summed E-state index contributed by atoms with van der Waals surface area (Å²) in [5, 5.41) is 0.941. The average molecular weight is 469 g/mol. The summed E-state index contributed by atoms with van der Waals surface area (Å²) in [7, 11) is 5.09. The highest BCUT2D eigenvalue weighted by atomic mass is 16.5. The lowest BCUT2D eigenvalue weighted by Gasteiger charge is -2.10. The smallest absolute Gasteiger partial charge is 0.343 e. The van der Waals surface area contributed by atoms with E-state index in [9.17, 15) is 9.59 Å². The van der Waals surface area contributed by atoms with Crippen molar-refractivity contribution >= 4 is 28.7 Å². The summed E-state index contributed by atoms with van der Waals surface area (Å²) in [6.07, 6.45) is 3.66. The highest BCUT2D eigenvalue weighted by molar-refractivity contribution is 6.15. The summed E-state index contributed by atoms with van der Waals surface area (Å²) in [5.74, 6) is 1.43. The summed E-state index contributed by atoms with van der Waals surface area (Å²) in [4.78, 5) is 25.8. The molecule has 0 bridgehead atoms. The van der Waals surface area contributed by atoms with Crippen LogP contribution in [0.25, 0.3) is 17.0 Å². The fourth-order valence-electron chi connectivity index (χ4n) is 4.17. The minimum atomic E-state index is -0.531. The van der Waals surface area contributed by atoms with Crippen molar-refractivity contribution < 1.29 is 28.5 Å². The van der Waals surface area contributed by atoms with Crippen LogP contribution in [0.4, 0.5) is 0 Å². The molecule has 4 aromatic rings. The lowest BCUT2D eigenvalue weighted by molar-refractivity contribution is 0.0732. The van der Waals surface area contributed by atoms with E-state index in [1.807, 2.05) is 36.0 Å². The average Bonchev–Trinajstić information content (AvgIpc) is 3.37. The molecule has 5 rings (SSSR count). The van der Waals surface area contributed by atoms with Gasteiger partial charge < -0.3 is 23.5 Å². The maximum absolute atomic E-state index is 13.1. The molecular weight excluding hydrogens is 446 g/mol. The van der Waals surface area contributed by atoms with E-state index in [4.69, 9.17) is 18.9 Å². The Bertz CT molecular complexity index is 1530. The molecule has 2 heterocycles. The van der Waals surface area contributed by atoms with Crippen LogP contribution in [0.5, 0.6) is 23.0 Å². The monoisotopic (exact) mass is 469 g/mol. The zero-order chi connectivity index (χ0) is 24.7. The quantitative estimate of drug-likeness (QED) is 0.223. The molecule has 7 nitrogen and oxygen atoms in total. The molecule has 1 aliphatic rings. The molecule has 0 radical (unpaired) electrons. The predicted octanol–water partition coefficient (Wildman–Crippen LogP) is 5.34. The van der Waals surface area contributed by atoms with Gasteiger partial charge in [0.15, 0.2) is 5.76 Å². The fourth-order valence-corrected chi connectivity index (χ4v) is 4.17. The van der Waals surface area contributed by atoms with Gasteiger partial charge in [0.1, 0.15) is 23.0 Å². The molecule has 176 valence electrons. The Labute approximate surface area is 202 Å². The first-order valence-corrected chi connectivity index (χ1v) is 11.0. The van der Waals surface area contributed by atoms with E-state index in [0.29, 0.717) is 33.9 Å². The number of hydrogen-bond acceptors (Lipinski definition) is 6. The predicted molar refractivity (Wildman–Crippen MR) is 132 cm³/mol. The maximum atomic E-state index is 13.1. The van der Waals surface area contributed by atoms with Crippen molar-refractivity contribution in [2.24, 2.45) is 7.05 Å². The zero-order valence-electron chi connectivity index (χ0n) is 19.7. The summed E-state index contributed by atoms with van der Waals surface area (Å²) in [6, 6.07) is 15.7. The molecule has 0 saturated heterocycles. The first-order chi connectivity index (χ1) is 16.9. The van der Waals surface area contributed by atoms with E-state index in [2.05, 4.69) is 0 Å². The third kappa shape index (κ3) is 3.91. The largest absolute Gasteiger partial charge is 0.497 e. The number of aryl methyl sites for hydroxylation is 1. The van der Waals surface area contributed by atoms with Crippen molar-refractivity contribution in [1.29, 1.82) is 0 Å². The van der Waals surface area contributed by atoms with Gasteiger partial charge in [-0.25, -0.2) is 4.79 Å². The van der Waals surface area contributed by atoms with Crippen LogP contribution < -0.4 is 18.9 Å². The first kappa shape index (κ1) is 22.3. The molecule has 0 unspecified atom stereocenters. The van der Waals surface area contributed by atoms with E-state index >= 15 is 0 Å². The van der Waals surface area contributed by atoms with E-state index in [1.165, 1.54) is 7.11 Å². The van der Waals surface area contributed by atoms with Crippen LogP contribution in [0.3, 0.4) is 0 Å². The van der Waals surface area contributed by atoms with Gasteiger partial charge in [-0.05, 0) is 61.5 Å². The van der Waals surface area contributed by atoms with E-state index < -0.39 is 5.97 Å². The minimum Gasteiger partial charge on any atom is -0.497 e. The number of rotatable bonds is 5. The van der Waals surface area contributed by atoms with Crippen molar-refractivity contribution in [2.75, 3.05) is 14.2 Å². The van der Waals surface area contributed by atoms with E-state index in [-0.39, 0.29) is 11.5 Å². The molecule has 0 spiro atoms. The molecule has 0 amide bonds. The second kappa shape index (κ2) is 8.68. The van der Waals surface area contributed by atoms with E-state index in [0.717, 1.165) is 22.2 Å². The van der Waals surface area contributed by atoms with Crippen molar-refractivity contribution in [1.82, 2.24) is 4.57 Å². The Kier molecular flexibility index (Phi) is 5.53. The van der Waals surface area contributed by atoms with Gasteiger partial charge in [0.25, 0.3) is 0 Å². The second-order valence-corrected chi connectivity index (χ2v) is 8.21. The minimum absolute atomic E-state index is 0.203. The third-order valence-corrected chi connectivity index (χ3v) is 6.06. The summed E-state index contributed by atoms with van der Waals surface area (Å²) < 4.78 is 24.1. The summed E-state index contributed by atoms with van der Waals surface area (Å²) in [6.45, 7) is 1.76. The first-order valence-electron chi connectivity index (χ1n) is 11.0. The number of allylic oxidation sites excluding steroid dienone is 1. The molecular formula is C28H23NO6. The topological polar surface area (TPSA) is 76.0 Å². The Morgan fingerprint density at radius 3 is 2.54 bits per heavy atom. The molecule has 0 atom stereocenters. The van der Waals surface area contributed by atoms with Crippen LogP contribution in [0.1, 0.15) is 31.8 Å². The van der Waals surface area contributed by atoms with Gasteiger partial charge in [0.2, 0.25) is 5.78 Å². The molecule has 35 heavy (non-hydrogen) atoms. The number of ether oxygens (including phenoxy) is 4. The van der Waals surface area contributed by atoms with E-state index in [1.54, 1.807) is 56.5 Å². The molecule has 1 aliphatic heterocycles. The molecule has 0 fully saturated rings. The van der Waals surface area contributed by atoms with Gasteiger partial charge in [-0.1, -0.05) is 6.07 Å². The van der Waals surface area contributed by atoms with Crippen molar-refractivity contribution in [3.05, 3.63) is 88.8 Å². The number of carbonyl (C=O) groups excluding carboxylic acids is 2. The van der Waals surface area contributed by atoms with Crippen LogP contribution in [0, 0.1) is 6.92 Å². The molecule has 3 aromatic carbocycles. The normalized spacial score (nSPS) is 13.6. The van der Waals surface area contributed by atoms with Gasteiger partial charge in [0.05, 0.1) is 25.3 Å². The fraction of sp³-hybridized carbons (Fsp3) is 0.143. The maximum Gasteiger partial charge on any atom is 0.343 e. The second-order valence-electron chi connectivity index (χ2n) is 8.21. The lowest BCUT2D eigenvalue weighted by atomic mass is 10.1. The number of ketones is 1. The summed E-state index contributed by atoms with van der Waals surface area (Å²) in [5.41, 5.74) is 3.18. The highest BCUT2D eigenvalue weighted by Crippen LogP contribution is 2.40.